The molecule has 0 fully saturated rings. The van der Waals surface area contributed by atoms with Crippen molar-refractivity contribution in [3.05, 3.63) is 11.6 Å². The average molecular weight is 196 g/mol. The first kappa shape index (κ1) is 13.7. The minimum Gasteiger partial charge on any atom is -0.0856 e. The van der Waals surface area contributed by atoms with Gasteiger partial charge in [0.2, 0.25) is 0 Å². The molecular weight excluding hydrogens is 168 g/mol. The predicted molar refractivity (Wildman–Crippen MR) is 66.4 cm³/mol. The first-order valence-corrected chi connectivity index (χ1v) is 6.21. The van der Waals surface area contributed by atoms with Crippen molar-refractivity contribution in [3.8, 4) is 0 Å². The van der Waals surface area contributed by atoms with E-state index in [0.29, 0.717) is 0 Å². The van der Waals surface area contributed by atoms with E-state index in [1.54, 1.807) is 5.57 Å². The summed E-state index contributed by atoms with van der Waals surface area (Å²) in [7, 11) is 0. The maximum atomic E-state index is 2.40. The van der Waals surface area contributed by atoms with E-state index in [4.69, 9.17) is 0 Å². The lowest BCUT2D eigenvalue weighted by Crippen LogP contribution is -2.18. The zero-order chi connectivity index (χ0) is 11.1. The lowest BCUT2D eigenvalue weighted by molar-refractivity contribution is 0.295. The van der Waals surface area contributed by atoms with Gasteiger partial charge in [0.05, 0.1) is 0 Å². The molecule has 0 saturated carbocycles. The highest BCUT2D eigenvalue weighted by atomic mass is 14.3. The minimum atomic E-state index is 0.798. The minimum absolute atomic E-state index is 0.798. The Bertz CT molecular complexity index is 165. The van der Waals surface area contributed by atoms with Crippen LogP contribution in [0, 0.1) is 17.8 Å². The lowest BCUT2D eigenvalue weighted by Gasteiger charge is -2.27. The van der Waals surface area contributed by atoms with Crippen molar-refractivity contribution >= 4 is 0 Å². The number of allylic oxidation sites excluding steroid dienone is 2. The molecule has 0 N–H and O–H groups in total. The van der Waals surface area contributed by atoms with Crippen molar-refractivity contribution in [2.45, 2.75) is 60.8 Å². The van der Waals surface area contributed by atoms with E-state index in [9.17, 15) is 0 Å². The van der Waals surface area contributed by atoms with Crippen molar-refractivity contribution in [2.24, 2.45) is 17.8 Å². The predicted octanol–water partition coefficient (Wildman–Crippen LogP) is 5.05. The van der Waals surface area contributed by atoms with Gasteiger partial charge in [-0.3, -0.25) is 0 Å². The molecule has 0 aliphatic rings. The van der Waals surface area contributed by atoms with Gasteiger partial charge in [-0.15, -0.1) is 0 Å². The quantitative estimate of drug-likeness (QED) is 0.521. The monoisotopic (exact) mass is 196 g/mol. The molecule has 2 unspecified atom stereocenters. The van der Waals surface area contributed by atoms with Crippen molar-refractivity contribution < 1.29 is 0 Å². The molecule has 0 aliphatic carbocycles. The largest absolute Gasteiger partial charge is 0.0856 e. The molecule has 2 atom stereocenters. The molecule has 0 saturated heterocycles. The van der Waals surface area contributed by atoms with Gasteiger partial charge in [0, 0.05) is 0 Å². The van der Waals surface area contributed by atoms with Crippen LogP contribution >= 0.6 is 0 Å². The van der Waals surface area contributed by atoms with Gasteiger partial charge in [0.25, 0.3) is 0 Å². The Morgan fingerprint density at radius 3 is 2.07 bits per heavy atom. The maximum Gasteiger partial charge on any atom is -0.0178 e. The first-order valence-electron chi connectivity index (χ1n) is 6.21. The molecule has 0 aliphatic heterocycles. The molecule has 0 nitrogen and oxygen atoms in total. The van der Waals surface area contributed by atoms with Crippen molar-refractivity contribution in [2.75, 3.05) is 0 Å². The van der Waals surface area contributed by atoms with Crippen LogP contribution in [0.1, 0.15) is 60.8 Å². The van der Waals surface area contributed by atoms with Crippen LogP contribution < -0.4 is 0 Å². The molecule has 0 amide bonds. The second-order valence-corrected chi connectivity index (χ2v) is 4.85. The van der Waals surface area contributed by atoms with Crippen molar-refractivity contribution in [1.82, 2.24) is 0 Å². The van der Waals surface area contributed by atoms with E-state index in [0.717, 1.165) is 17.8 Å². The summed E-state index contributed by atoms with van der Waals surface area (Å²) in [5.41, 5.74) is 1.61. The van der Waals surface area contributed by atoms with Gasteiger partial charge in [-0.2, -0.15) is 0 Å². The molecule has 0 rings (SSSR count). The number of hydrogen-bond acceptors (Lipinski definition) is 0. The van der Waals surface area contributed by atoms with Gasteiger partial charge in [-0.05, 0) is 37.5 Å². The van der Waals surface area contributed by atoms with Crippen LogP contribution in [0.4, 0.5) is 0 Å². The van der Waals surface area contributed by atoms with Crippen LogP contribution in [0.5, 0.6) is 0 Å². The molecule has 0 aromatic heterocycles. The van der Waals surface area contributed by atoms with E-state index in [-0.39, 0.29) is 0 Å². The fourth-order valence-electron chi connectivity index (χ4n) is 2.15. The topological polar surface area (TPSA) is 0 Å². The molecule has 0 heterocycles. The highest BCUT2D eigenvalue weighted by Crippen LogP contribution is 2.30. The van der Waals surface area contributed by atoms with Gasteiger partial charge >= 0.3 is 0 Å². The summed E-state index contributed by atoms with van der Waals surface area (Å²) in [5.74, 6) is 2.42. The molecule has 0 aromatic carbocycles. The second-order valence-electron chi connectivity index (χ2n) is 4.85. The maximum absolute atomic E-state index is 2.40. The van der Waals surface area contributed by atoms with E-state index in [1.165, 1.54) is 19.3 Å². The van der Waals surface area contributed by atoms with Crippen LogP contribution in [0.25, 0.3) is 0 Å². The zero-order valence-electron chi connectivity index (χ0n) is 10.9. The zero-order valence-corrected chi connectivity index (χ0v) is 10.9. The Labute approximate surface area is 90.8 Å². The molecule has 84 valence electrons. The SMILES string of the molecule is CCC=C(C)C(CCC)C(C)C(C)C. The van der Waals surface area contributed by atoms with Crippen LogP contribution in [-0.4, -0.2) is 0 Å². The van der Waals surface area contributed by atoms with Crippen molar-refractivity contribution in [1.29, 1.82) is 0 Å². The highest BCUT2D eigenvalue weighted by Gasteiger charge is 2.20. The Balaban J connectivity index is 4.49. The van der Waals surface area contributed by atoms with Gasteiger partial charge in [0.15, 0.2) is 0 Å². The van der Waals surface area contributed by atoms with Crippen LogP contribution in [0.3, 0.4) is 0 Å². The summed E-state index contributed by atoms with van der Waals surface area (Å²) >= 11 is 0. The summed E-state index contributed by atoms with van der Waals surface area (Å²) < 4.78 is 0. The van der Waals surface area contributed by atoms with Gasteiger partial charge in [-0.1, -0.05) is 52.7 Å². The molecule has 0 radical (unpaired) electrons. The highest BCUT2D eigenvalue weighted by molar-refractivity contribution is 5.04. The summed E-state index contributed by atoms with van der Waals surface area (Å²) in [6.45, 7) is 13.9. The third-order valence-corrected chi connectivity index (χ3v) is 3.40. The molecule has 0 heteroatoms. The smallest absolute Gasteiger partial charge is 0.0178 e. The Kier molecular flexibility index (Phi) is 6.96. The molecule has 0 spiro atoms. The van der Waals surface area contributed by atoms with E-state index >= 15 is 0 Å². The molecule has 0 aromatic rings. The molecule has 0 bridgehead atoms. The third kappa shape index (κ3) is 4.30. The lowest BCUT2D eigenvalue weighted by atomic mass is 9.78. The van der Waals surface area contributed by atoms with Gasteiger partial charge in [0.1, 0.15) is 0 Å². The number of hydrogen-bond donors (Lipinski definition) is 0. The Morgan fingerprint density at radius 2 is 1.71 bits per heavy atom. The summed E-state index contributed by atoms with van der Waals surface area (Å²) in [6.07, 6.45) is 6.23. The van der Waals surface area contributed by atoms with E-state index < -0.39 is 0 Å². The van der Waals surface area contributed by atoms with Crippen LogP contribution in [0.15, 0.2) is 11.6 Å². The third-order valence-electron chi connectivity index (χ3n) is 3.40. The molecule has 14 heavy (non-hydrogen) atoms. The standard InChI is InChI=1S/C14H28/c1-7-9-12(5)14(10-8-2)13(6)11(3)4/h9,11,13-14H,7-8,10H2,1-6H3. The van der Waals surface area contributed by atoms with Crippen LogP contribution in [0.2, 0.25) is 0 Å². The fourth-order valence-corrected chi connectivity index (χ4v) is 2.15. The Hall–Kier alpha value is -0.260. The van der Waals surface area contributed by atoms with Crippen molar-refractivity contribution in [3.63, 3.8) is 0 Å². The molecular formula is C14H28. The van der Waals surface area contributed by atoms with E-state index in [1.807, 2.05) is 0 Å². The summed E-state index contributed by atoms with van der Waals surface area (Å²) in [5, 5.41) is 0. The van der Waals surface area contributed by atoms with E-state index in [2.05, 4.69) is 47.6 Å². The number of rotatable bonds is 6. The Morgan fingerprint density at radius 1 is 1.14 bits per heavy atom. The van der Waals surface area contributed by atoms with Gasteiger partial charge in [-0.25, -0.2) is 0 Å². The fraction of sp³-hybridized carbons (Fsp3) is 0.857. The first-order chi connectivity index (χ1) is 6.54. The second kappa shape index (κ2) is 7.09. The normalized spacial score (nSPS) is 17.2. The van der Waals surface area contributed by atoms with Gasteiger partial charge < -0.3 is 0 Å². The average Bonchev–Trinajstić information content (AvgIpc) is 2.13. The summed E-state index contributed by atoms with van der Waals surface area (Å²) in [4.78, 5) is 0. The van der Waals surface area contributed by atoms with Crippen LogP contribution in [-0.2, 0) is 0 Å². The summed E-state index contributed by atoms with van der Waals surface area (Å²) in [6, 6.07) is 0.